The Kier molecular flexibility index (Phi) is 4.14. The number of aromatic nitrogens is 2. The fourth-order valence-corrected chi connectivity index (χ4v) is 4.30. The zero-order valence-corrected chi connectivity index (χ0v) is 14.2. The van der Waals surface area contributed by atoms with E-state index in [9.17, 15) is 4.79 Å². The van der Waals surface area contributed by atoms with Crippen molar-refractivity contribution in [2.24, 2.45) is 0 Å². The smallest absolute Gasteiger partial charge is 0.236 e. The summed E-state index contributed by atoms with van der Waals surface area (Å²) in [5.41, 5.74) is 2.78. The minimum absolute atomic E-state index is 0.323. The summed E-state index contributed by atoms with van der Waals surface area (Å²) in [6.45, 7) is 5.58. The van der Waals surface area contributed by atoms with Crippen LogP contribution in [0.25, 0.3) is 0 Å². The third-order valence-electron chi connectivity index (χ3n) is 5.71. The van der Waals surface area contributed by atoms with E-state index in [0.717, 1.165) is 32.5 Å². The third kappa shape index (κ3) is 3.03. The number of imidazole rings is 1. The molecule has 0 radical (unpaired) electrons. The molecule has 1 aromatic heterocycles. The van der Waals surface area contributed by atoms with Crippen molar-refractivity contribution in [3.8, 4) is 0 Å². The number of carbonyl (C=O) groups excluding carboxylic acids is 1. The second-order valence-corrected chi connectivity index (χ2v) is 7.34. The van der Waals surface area contributed by atoms with Crippen LogP contribution in [0, 0.1) is 0 Å². The highest BCUT2D eigenvalue weighted by Gasteiger charge is 2.34. The molecule has 0 N–H and O–H groups in total. The Balaban J connectivity index is 1.37. The molecule has 0 spiro atoms. The molecule has 1 saturated heterocycles. The predicted octanol–water partition coefficient (Wildman–Crippen LogP) is 2.02. The lowest BCUT2D eigenvalue weighted by Crippen LogP contribution is -2.40. The van der Waals surface area contributed by atoms with Crippen molar-refractivity contribution in [3.05, 3.63) is 17.7 Å². The number of nitrogens with zero attached hydrogens (tertiary/aromatic N) is 4. The van der Waals surface area contributed by atoms with Crippen LogP contribution in [-0.4, -0.2) is 57.5 Å². The summed E-state index contributed by atoms with van der Waals surface area (Å²) in [6.07, 6.45) is 10.5. The summed E-state index contributed by atoms with van der Waals surface area (Å²) in [5, 5.41) is 0. The van der Waals surface area contributed by atoms with Gasteiger partial charge in [0.25, 0.3) is 0 Å². The fraction of sp³-hybridized carbons (Fsp3) is 0.778. The van der Waals surface area contributed by atoms with Crippen molar-refractivity contribution in [2.45, 2.75) is 64.0 Å². The number of likely N-dealkylation sites (tertiary alicyclic amines) is 1. The van der Waals surface area contributed by atoms with Gasteiger partial charge in [0.1, 0.15) is 0 Å². The van der Waals surface area contributed by atoms with Crippen LogP contribution in [-0.2, 0) is 17.6 Å². The van der Waals surface area contributed by atoms with Crippen molar-refractivity contribution in [1.29, 1.82) is 0 Å². The Bertz CT molecular complexity index is 578. The van der Waals surface area contributed by atoms with Crippen LogP contribution in [0.3, 0.4) is 0 Å². The highest BCUT2D eigenvalue weighted by atomic mass is 16.2. The molecule has 1 amide bonds. The molecule has 0 aromatic carbocycles. The van der Waals surface area contributed by atoms with Gasteiger partial charge in [0.2, 0.25) is 5.91 Å². The number of hydrogen-bond donors (Lipinski definition) is 0. The van der Waals surface area contributed by atoms with E-state index in [0.29, 0.717) is 24.5 Å². The first-order chi connectivity index (χ1) is 11.3. The van der Waals surface area contributed by atoms with E-state index in [1.54, 1.807) is 0 Å². The molecule has 23 heavy (non-hydrogen) atoms. The molecule has 0 bridgehead atoms. The number of aryl methyl sites for hydroxylation is 1. The molecule has 1 aliphatic heterocycles. The van der Waals surface area contributed by atoms with Gasteiger partial charge in [0.05, 0.1) is 18.6 Å². The maximum atomic E-state index is 12.5. The van der Waals surface area contributed by atoms with Crippen molar-refractivity contribution in [1.82, 2.24) is 19.4 Å². The normalized spacial score (nSPS) is 24.7. The van der Waals surface area contributed by atoms with E-state index >= 15 is 0 Å². The van der Waals surface area contributed by atoms with Crippen molar-refractivity contribution in [2.75, 3.05) is 26.2 Å². The van der Waals surface area contributed by atoms with Crippen molar-refractivity contribution in [3.63, 3.8) is 0 Å². The van der Waals surface area contributed by atoms with Gasteiger partial charge in [-0.15, -0.1) is 0 Å². The van der Waals surface area contributed by atoms with Crippen LogP contribution in [0.15, 0.2) is 6.33 Å². The number of likely N-dealkylation sites (N-methyl/N-ethyl adjacent to an activating group) is 1. The summed E-state index contributed by atoms with van der Waals surface area (Å²) < 4.78 is 2.41. The Morgan fingerprint density at radius 1 is 1.30 bits per heavy atom. The van der Waals surface area contributed by atoms with Gasteiger partial charge >= 0.3 is 0 Å². The van der Waals surface area contributed by atoms with Gasteiger partial charge in [-0.25, -0.2) is 4.98 Å². The quantitative estimate of drug-likeness (QED) is 0.834. The molecule has 5 heteroatoms. The molecular weight excluding hydrogens is 288 g/mol. The fourth-order valence-electron chi connectivity index (χ4n) is 4.30. The van der Waals surface area contributed by atoms with Gasteiger partial charge in [-0.1, -0.05) is 0 Å². The Morgan fingerprint density at radius 2 is 2.13 bits per heavy atom. The molecule has 4 rings (SSSR count). The second kappa shape index (κ2) is 6.27. The standard InChI is InChI=1S/C18H28N4O/c1-2-21(14-7-8-14)18(23)12-20-10-9-15(11-20)22-13-19-16-5-3-4-6-17(16)22/h13-15H,2-12H2,1H3/t15-/m1/s1. The van der Waals surface area contributed by atoms with Crippen LogP contribution in [0.5, 0.6) is 0 Å². The second-order valence-electron chi connectivity index (χ2n) is 7.34. The van der Waals surface area contributed by atoms with Crippen molar-refractivity contribution < 1.29 is 4.79 Å². The number of amides is 1. The molecule has 2 fully saturated rings. The highest BCUT2D eigenvalue weighted by Crippen LogP contribution is 2.29. The molecule has 5 nitrogen and oxygen atoms in total. The van der Waals surface area contributed by atoms with Gasteiger partial charge < -0.3 is 9.47 Å². The Hall–Kier alpha value is -1.36. The summed E-state index contributed by atoms with van der Waals surface area (Å²) in [4.78, 5) is 21.5. The lowest BCUT2D eigenvalue weighted by molar-refractivity contribution is -0.132. The van der Waals surface area contributed by atoms with Crippen LogP contribution < -0.4 is 0 Å². The van der Waals surface area contributed by atoms with E-state index in [2.05, 4.69) is 32.6 Å². The average molecular weight is 316 g/mol. The lowest BCUT2D eigenvalue weighted by Gasteiger charge is -2.24. The number of rotatable bonds is 5. The van der Waals surface area contributed by atoms with Crippen LogP contribution in [0.4, 0.5) is 0 Å². The third-order valence-corrected chi connectivity index (χ3v) is 5.71. The Morgan fingerprint density at radius 3 is 2.91 bits per heavy atom. The topological polar surface area (TPSA) is 41.4 Å². The summed E-state index contributed by atoms with van der Waals surface area (Å²) in [7, 11) is 0. The largest absolute Gasteiger partial charge is 0.339 e. The summed E-state index contributed by atoms with van der Waals surface area (Å²) in [5.74, 6) is 0.323. The molecule has 2 aliphatic carbocycles. The number of carbonyl (C=O) groups is 1. The lowest BCUT2D eigenvalue weighted by atomic mass is 10.0. The van der Waals surface area contributed by atoms with Gasteiger partial charge in [0, 0.05) is 37.4 Å². The van der Waals surface area contributed by atoms with Gasteiger partial charge in [0.15, 0.2) is 0 Å². The van der Waals surface area contributed by atoms with Gasteiger partial charge in [-0.2, -0.15) is 0 Å². The molecule has 1 atom stereocenters. The Labute approximate surface area is 138 Å². The van der Waals surface area contributed by atoms with E-state index < -0.39 is 0 Å². The highest BCUT2D eigenvalue weighted by molar-refractivity contribution is 5.79. The van der Waals surface area contributed by atoms with E-state index in [-0.39, 0.29) is 0 Å². The average Bonchev–Trinajstić information content (AvgIpc) is 3.12. The molecule has 0 unspecified atom stereocenters. The summed E-state index contributed by atoms with van der Waals surface area (Å²) in [6, 6.07) is 1.04. The number of hydrogen-bond acceptors (Lipinski definition) is 3. The minimum atomic E-state index is 0.323. The first-order valence-electron chi connectivity index (χ1n) is 9.32. The molecule has 3 aliphatic rings. The molecular formula is C18H28N4O. The monoisotopic (exact) mass is 316 g/mol. The minimum Gasteiger partial charge on any atom is -0.339 e. The molecule has 126 valence electrons. The summed E-state index contributed by atoms with van der Waals surface area (Å²) >= 11 is 0. The molecule has 1 saturated carbocycles. The van der Waals surface area contributed by atoms with Crippen molar-refractivity contribution >= 4 is 5.91 Å². The molecule has 2 heterocycles. The number of fused-ring (bicyclic) bond motifs is 1. The first-order valence-corrected chi connectivity index (χ1v) is 9.32. The first kappa shape index (κ1) is 15.2. The predicted molar refractivity (Wildman–Crippen MR) is 89.4 cm³/mol. The van der Waals surface area contributed by atoms with Gasteiger partial charge in [-0.3, -0.25) is 9.69 Å². The zero-order chi connectivity index (χ0) is 15.8. The maximum absolute atomic E-state index is 12.5. The van der Waals surface area contributed by atoms with Crippen LogP contribution in [0.1, 0.15) is 56.5 Å². The van der Waals surface area contributed by atoms with Crippen LogP contribution in [0.2, 0.25) is 0 Å². The van der Waals surface area contributed by atoms with Crippen LogP contribution >= 0.6 is 0 Å². The van der Waals surface area contributed by atoms with Gasteiger partial charge in [-0.05, 0) is 51.9 Å². The maximum Gasteiger partial charge on any atom is 0.236 e. The van der Waals surface area contributed by atoms with E-state index in [1.165, 1.54) is 43.5 Å². The molecule has 1 aromatic rings. The van der Waals surface area contributed by atoms with E-state index in [4.69, 9.17) is 0 Å². The van der Waals surface area contributed by atoms with E-state index in [1.807, 2.05) is 0 Å². The zero-order valence-electron chi connectivity index (χ0n) is 14.2. The SMILES string of the molecule is CCN(C(=O)CN1CC[C@@H](n2cnc3c2CCCC3)C1)C1CC1.